The van der Waals surface area contributed by atoms with E-state index in [9.17, 15) is 4.79 Å². The molecular formula is C12H18N2O2. The number of aliphatic carboxylic acids is 1. The number of carboxylic acid groups (broad SMARTS) is 1. The molecule has 88 valence electrons. The topological polar surface area (TPSA) is 56.3 Å². The van der Waals surface area contributed by atoms with Gasteiger partial charge in [0.15, 0.2) is 0 Å². The minimum atomic E-state index is -0.690. The van der Waals surface area contributed by atoms with Gasteiger partial charge in [0.05, 0.1) is 5.92 Å². The zero-order chi connectivity index (χ0) is 11.9. The predicted molar refractivity (Wildman–Crippen MR) is 61.4 cm³/mol. The number of H-pyrrole nitrogens is 1. The monoisotopic (exact) mass is 222 g/mol. The van der Waals surface area contributed by atoms with E-state index in [-0.39, 0.29) is 12.0 Å². The summed E-state index contributed by atoms with van der Waals surface area (Å²) >= 11 is 0. The number of aromatic nitrogens is 1. The molecule has 1 heterocycles. The maximum Gasteiger partial charge on any atom is 0.306 e. The van der Waals surface area contributed by atoms with Crippen LogP contribution in [0.5, 0.6) is 0 Å². The van der Waals surface area contributed by atoms with Crippen LogP contribution < -0.4 is 0 Å². The van der Waals surface area contributed by atoms with Crippen molar-refractivity contribution in [2.45, 2.75) is 25.8 Å². The second-order valence-electron chi connectivity index (χ2n) is 4.82. The molecule has 1 aromatic heterocycles. The quantitative estimate of drug-likeness (QED) is 0.798. The molecule has 1 aliphatic carbocycles. The number of fused-ring (bicyclic) bond motifs is 1. The molecule has 4 nitrogen and oxygen atoms in total. The van der Waals surface area contributed by atoms with E-state index in [0.29, 0.717) is 12.8 Å². The molecule has 0 spiro atoms. The lowest BCUT2D eigenvalue weighted by molar-refractivity contribution is -0.142. The third kappa shape index (κ3) is 1.73. The molecule has 0 amide bonds. The van der Waals surface area contributed by atoms with E-state index in [4.69, 9.17) is 5.11 Å². The second-order valence-corrected chi connectivity index (χ2v) is 4.82. The van der Waals surface area contributed by atoms with E-state index < -0.39 is 5.97 Å². The number of hydrogen-bond donors (Lipinski definition) is 2. The molecule has 0 aromatic carbocycles. The van der Waals surface area contributed by atoms with Gasteiger partial charge in [0.25, 0.3) is 0 Å². The van der Waals surface area contributed by atoms with E-state index in [1.807, 2.05) is 20.3 Å². The molecule has 4 heteroatoms. The number of aryl methyl sites for hydroxylation is 1. The van der Waals surface area contributed by atoms with E-state index in [1.54, 1.807) is 0 Å². The fraction of sp³-hybridized carbons (Fsp3) is 0.583. The van der Waals surface area contributed by atoms with Crippen LogP contribution in [0.3, 0.4) is 0 Å². The maximum absolute atomic E-state index is 11.1. The van der Waals surface area contributed by atoms with Crippen LogP contribution in [0.1, 0.15) is 29.3 Å². The number of hydrogen-bond acceptors (Lipinski definition) is 2. The molecule has 16 heavy (non-hydrogen) atoms. The summed E-state index contributed by atoms with van der Waals surface area (Å²) in [6.07, 6.45) is 3.31. The summed E-state index contributed by atoms with van der Waals surface area (Å²) in [4.78, 5) is 16.4. The number of nitrogens with zero attached hydrogens (tertiary/aromatic N) is 1. The molecule has 0 radical (unpaired) electrons. The van der Waals surface area contributed by atoms with Crippen molar-refractivity contribution in [1.29, 1.82) is 0 Å². The first-order valence-corrected chi connectivity index (χ1v) is 5.56. The molecule has 0 aliphatic heterocycles. The molecule has 2 unspecified atom stereocenters. The van der Waals surface area contributed by atoms with Crippen LogP contribution in [-0.4, -0.2) is 35.1 Å². The van der Waals surface area contributed by atoms with Gasteiger partial charge in [0.2, 0.25) is 0 Å². The van der Waals surface area contributed by atoms with Gasteiger partial charge < -0.3 is 15.0 Å². The average molecular weight is 222 g/mol. The highest BCUT2D eigenvalue weighted by atomic mass is 16.4. The van der Waals surface area contributed by atoms with Crippen LogP contribution in [0.15, 0.2) is 6.20 Å². The van der Waals surface area contributed by atoms with Gasteiger partial charge in [-0.25, -0.2) is 0 Å². The summed E-state index contributed by atoms with van der Waals surface area (Å²) in [5, 5.41) is 9.14. The predicted octanol–water partition coefficient (Wildman–Crippen LogP) is 1.57. The highest BCUT2D eigenvalue weighted by molar-refractivity contribution is 5.71. The Morgan fingerprint density at radius 2 is 2.25 bits per heavy atom. The van der Waals surface area contributed by atoms with E-state index >= 15 is 0 Å². The Kier molecular flexibility index (Phi) is 2.76. The Morgan fingerprint density at radius 1 is 1.56 bits per heavy atom. The van der Waals surface area contributed by atoms with Crippen LogP contribution in [-0.2, 0) is 11.2 Å². The SMILES string of the molecule is Cc1c[nH]c2c1C(N(C)C)CC(C(=O)O)C2. The highest BCUT2D eigenvalue weighted by Gasteiger charge is 2.33. The van der Waals surface area contributed by atoms with Crippen molar-refractivity contribution in [1.82, 2.24) is 9.88 Å². The van der Waals surface area contributed by atoms with Gasteiger partial charge in [-0.15, -0.1) is 0 Å². The molecule has 0 saturated heterocycles. The summed E-state index contributed by atoms with van der Waals surface area (Å²) in [7, 11) is 4.01. The van der Waals surface area contributed by atoms with Gasteiger partial charge in [-0.2, -0.15) is 0 Å². The standard InChI is InChI=1S/C12H18N2O2/c1-7-6-13-9-4-8(12(15)16)5-10(11(7)9)14(2)3/h6,8,10,13H,4-5H2,1-3H3,(H,15,16). The van der Waals surface area contributed by atoms with Crippen molar-refractivity contribution < 1.29 is 9.90 Å². The molecular weight excluding hydrogens is 204 g/mol. The van der Waals surface area contributed by atoms with Gasteiger partial charge in [-0.05, 0) is 38.6 Å². The van der Waals surface area contributed by atoms with Gasteiger partial charge in [0, 0.05) is 24.4 Å². The van der Waals surface area contributed by atoms with Crippen molar-refractivity contribution in [3.63, 3.8) is 0 Å². The first-order chi connectivity index (χ1) is 7.50. The van der Waals surface area contributed by atoms with Crippen LogP contribution in [0.25, 0.3) is 0 Å². The van der Waals surface area contributed by atoms with Gasteiger partial charge in [-0.3, -0.25) is 4.79 Å². The number of nitrogens with one attached hydrogen (secondary N) is 1. The molecule has 0 bridgehead atoms. The van der Waals surface area contributed by atoms with Crippen LogP contribution in [0, 0.1) is 12.8 Å². The molecule has 2 atom stereocenters. The van der Waals surface area contributed by atoms with E-state index in [1.165, 1.54) is 11.1 Å². The molecule has 1 aromatic rings. The van der Waals surface area contributed by atoms with E-state index in [2.05, 4.69) is 16.8 Å². The fourth-order valence-corrected chi connectivity index (χ4v) is 2.60. The molecule has 1 aliphatic rings. The van der Waals surface area contributed by atoms with Crippen LogP contribution in [0.2, 0.25) is 0 Å². The normalized spacial score (nSPS) is 24.5. The summed E-state index contributed by atoms with van der Waals surface area (Å²) in [6.45, 7) is 2.08. The van der Waals surface area contributed by atoms with Crippen molar-refractivity contribution in [2.75, 3.05) is 14.1 Å². The Balaban J connectivity index is 2.39. The summed E-state index contributed by atoms with van der Waals surface area (Å²) in [6, 6.07) is 0.219. The molecule has 2 N–H and O–H groups in total. The summed E-state index contributed by atoms with van der Waals surface area (Å²) < 4.78 is 0. The smallest absolute Gasteiger partial charge is 0.306 e. The third-order valence-corrected chi connectivity index (χ3v) is 3.48. The zero-order valence-corrected chi connectivity index (χ0v) is 9.95. The third-order valence-electron chi connectivity index (χ3n) is 3.48. The number of rotatable bonds is 2. The largest absolute Gasteiger partial charge is 0.481 e. The maximum atomic E-state index is 11.1. The van der Waals surface area contributed by atoms with Crippen molar-refractivity contribution in [3.05, 3.63) is 23.0 Å². The van der Waals surface area contributed by atoms with Crippen molar-refractivity contribution in [3.8, 4) is 0 Å². The van der Waals surface area contributed by atoms with Crippen LogP contribution in [0.4, 0.5) is 0 Å². The number of aromatic amines is 1. The Hall–Kier alpha value is -1.29. The van der Waals surface area contributed by atoms with Crippen molar-refractivity contribution >= 4 is 5.97 Å². The molecule has 0 saturated carbocycles. The fourth-order valence-electron chi connectivity index (χ4n) is 2.60. The molecule has 2 rings (SSSR count). The Bertz CT molecular complexity index is 409. The minimum absolute atomic E-state index is 0.219. The average Bonchev–Trinajstić information content (AvgIpc) is 2.59. The lowest BCUT2D eigenvalue weighted by Gasteiger charge is -2.32. The Labute approximate surface area is 95.3 Å². The number of carbonyl (C=O) groups is 1. The second kappa shape index (κ2) is 3.94. The minimum Gasteiger partial charge on any atom is -0.481 e. The lowest BCUT2D eigenvalue weighted by atomic mass is 9.82. The first kappa shape index (κ1) is 11.2. The summed E-state index contributed by atoms with van der Waals surface area (Å²) in [5.74, 6) is -0.956. The highest BCUT2D eigenvalue weighted by Crippen LogP contribution is 2.37. The number of carboxylic acids is 1. The molecule has 0 fully saturated rings. The van der Waals surface area contributed by atoms with Crippen molar-refractivity contribution in [2.24, 2.45) is 5.92 Å². The zero-order valence-electron chi connectivity index (χ0n) is 9.95. The Morgan fingerprint density at radius 3 is 2.81 bits per heavy atom. The summed E-state index contributed by atoms with van der Waals surface area (Å²) in [5.41, 5.74) is 3.62. The van der Waals surface area contributed by atoms with Gasteiger partial charge in [-0.1, -0.05) is 0 Å². The van der Waals surface area contributed by atoms with Crippen LogP contribution >= 0.6 is 0 Å². The first-order valence-electron chi connectivity index (χ1n) is 5.56. The van der Waals surface area contributed by atoms with Gasteiger partial charge >= 0.3 is 5.97 Å². The van der Waals surface area contributed by atoms with E-state index in [0.717, 1.165) is 5.69 Å². The van der Waals surface area contributed by atoms with Gasteiger partial charge in [0.1, 0.15) is 0 Å². The lowest BCUT2D eigenvalue weighted by Crippen LogP contribution is -2.32.